The fourth-order valence-corrected chi connectivity index (χ4v) is 5.28. The van der Waals surface area contributed by atoms with Crippen LogP contribution in [0.4, 0.5) is 21.6 Å². The van der Waals surface area contributed by atoms with Crippen molar-refractivity contribution in [2.45, 2.75) is 32.7 Å². The first kappa shape index (κ1) is 27.0. The van der Waals surface area contributed by atoms with E-state index < -0.39 is 32.6 Å². The molecule has 2 N–H and O–H groups in total. The Morgan fingerprint density at radius 2 is 1.82 bits per heavy atom. The normalized spacial score (nSPS) is 13.3. The highest BCUT2D eigenvalue weighted by Crippen LogP contribution is 2.34. The van der Waals surface area contributed by atoms with Gasteiger partial charge in [0, 0.05) is 24.2 Å². The summed E-state index contributed by atoms with van der Waals surface area (Å²) in [6, 6.07) is 9.86. The number of halogens is 1. The van der Waals surface area contributed by atoms with Crippen LogP contribution < -0.4 is 26.8 Å². The molecule has 0 aliphatic heterocycles. The van der Waals surface area contributed by atoms with E-state index in [0.717, 1.165) is 10.6 Å². The number of sulfonamides is 1. The Hall–Kier alpha value is -4.63. The van der Waals surface area contributed by atoms with E-state index in [1.807, 2.05) is 0 Å². The van der Waals surface area contributed by atoms with Crippen molar-refractivity contribution >= 4 is 38.1 Å². The third-order valence-electron chi connectivity index (χ3n) is 6.90. The van der Waals surface area contributed by atoms with Crippen molar-refractivity contribution in [3.05, 3.63) is 90.6 Å². The molecule has 1 saturated carbocycles. The van der Waals surface area contributed by atoms with Gasteiger partial charge in [0.05, 0.1) is 28.3 Å². The summed E-state index contributed by atoms with van der Waals surface area (Å²) in [6.07, 6.45) is 6.60. The summed E-state index contributed by atoms with van der Waals surface area (Å²) in [5.74, 6) is 1.50. The molecule has 10 nitrogen and oxygen atoms in total. The fourth-order valence-electron chi connectivity index (χ4n) is 4.65. The summed E-state index contributed by atoms with van der Waals surface area (Å²) in [5, 5.41) is 2.88. The van der Waals surface area contributed by atoms with Gasteiger partial charge in [-0.25, -0.2) is 17.6 Å². The van der Waals surface area contributed by atoms with Crippen LogP contribution in [0.5, 0.6) is 0 Å². The molecule has 0 saturated heterocycles. The number of benzene rings is 2. The van der Waals surface area contributed by atoms with Gasteiger partial charge in [-0.2, -0.15) is 0 Å². The zero-order valence-electron chi connectivity index (χ0n) is 22.0. The molecule has 4 aromatic rings. The number of hydrogen-bond donors (Lipinski definition) is 2. The Labute approximate surface area is 228 Å². The molecule has 0 bridgehead atoms. The molecule has 1 aliphatic carbocycles. The fraction of sp³-hybridized carbons (Fsp3) is 0.250. The highest BCUT2D eigenvalue weighted by atomic mass is 32.2. The third kappa shape index (κ3) is 4.58. The van der Waals surface area contributed by atoms with E-state index in [-0.39, 0.29) is 51.1 Å². The number of nitrogens with zero attached hydrogens (tertiary/aromatic N) is 3. The van der Waals surface area contributed by atoms with E-state index in [2.05, 4.69) is 16.0 Å². The first-order chi connectivity index (χ1) is 19.0. The van der Waals surface area contributed by atoms with Crippen molar-refractivity contribution in [1.29, 1.82) is 0 Å². The number of nitrogens with one attached hydrogen (secondary N) is 2. The molecule has 1 aliphatic rings. The average molecular weight is 564 g/mol. The largest absolute Gasteiger partial charge is 0.338 e. The van der Waals surface area contributed by atoms with Crippen molar-refractivity contribution in [3.63, 3.8) is 0 Å². The van der Waals surface area contributed by atoms with Gasteiger partial charge in [0.2, 0.25) is 10.0 Å². The average Bonchev–Trinajstić information content (AvgIpc) is 3.76. The minimum atomic E-state index is -3.62. The van der Waals surface area contributed by atoms with Crippen molar-refractivity contribution in [2.24, 2.45) is 7.05 Å². The predicted molar refractivity (Wildman–Crippen MR) is 153 cm³/mol. The zero-order chi connectivity index (χ0) is 28.9. The van der Waals surface area contributed by atoms with Gasteiger partial charge in [-0.15, -0.1) is 6.42 Å². The van der Waals surface area contributed by atoms with Crippen molar-refractivity contribution < 1.29 is 12.8 Å². The monoisotopic (exact) mass is 563 g/mol. The Morgan fingerprint density at radius 1 is 1.10 bits per heavy atom. The maximum atomic E-state index is 14.9. The van der Waals surface area contributed by atoms with Crippen LogP contribution in [0.3, 0.4) is 0 Å². The second-order valence-electron chi connectivity index (χ2n) is 9.61. The quantitative estimate of drug-likeness (QED) is 0.333. The summed E-state index contributed by atoms with van der Waals surface area (Å²) in [4.78, 5) is 41.2. The number of fused-ring (bicyclic) bond motifs is 1. The number of anilines is 3. The molecular weight excluding hydrogens is 537 g/mol. The van der Waals surface area contributed by atoms with E-state index in [1.165, 1.54) is 54.3 Å². The van der Waals surface area contributed by atoms with Gasteiger partial charge in [0.15, 0.2) is 0 Å². The van der Waals surface area contributed by atoms with Crippen molar-refractivity contribution in [3.8, 4) is 18.0 Å². The molecule has 0 unspecified atom stereocenters. The maximum absolute atomic E-state index is 14.9. The number of terminal acetylenes is 1. The number of aryl methyl sites for hydroxylation is 1. The highest BCUT2D eigenvalue weighted by molar-refractivity contribution is 7.92. The summed E-state index contributed by atoms with van der Waals surface area (Å²) in [6.45, 7) is 2.99. The van der Waals surface area contributed by atoms with Gasteiger partial charge >= 0.3 is 5.69 Å². The Kier molecular flexibility index (Phi) is 6.63. The Balaban J connectivity index is 1.86. The topological polar surface area (TPSA) is 124 Å². The lowest BCUT2D eigenvalue weighted by atomic mass is 10.1. The molecule has 0 amide bonds. The van der Waals surface area contributed by atoms with E-state index >= 15 is 0 Å². The molecule has 5 rings (SSSR count). The van der Waals surface area contributed by atoms with Gasteiger partial charge in [-0.05, 0) is 63.1 Å². The lowest BCUT2D eigenvalue weighted by molar-refractivity contribution is 0.602. The molecular formula is C28H26FN5O5S. The van der Waals surface area contributed by atoms with E-state index in [1.54, 1.807) is 12.1 Å². The summed E-state index contributed by atoms with van der Waals surface area (Å²) >= 11 is 0. The number of rotatable bonds is 7. The van der Waals surface area contributed by atoms with E-state index in [4.69, 9.17) is 6.42 Å². The lowest BCUT2D eigenvalue weighted by Crippen LogP contribution is -2.41. The smallest absolute Gasteiger partial charge is 0.336 e. The van der Waals surface area contributed by atoms with Crippen LogP contribution in [-0.2, 0) is 17.1 Å². The molecule has 2 aromatic heterocycles. The first-order valence-electron chi connectivity index (χ1n) is 12.5. The second-order valence-corrected chi connectivity index (χ2v) is 11.6. The minimum Gasteiger partial charge on any atom is -0.338 e. The number of hydrogen-bond acceptors (Lipinski definition) is 6. The van der Waals surface area contributed by atoms with Crippen LogP contribution in [0, 0.1) is 25.1 Å². The van der Waals surface area contributed by atoms with Crippen LogP contribution in [0.2, 0.25) is 0 Å². The SMILES string of the molecule is C#Cc1ccc(Nc2c3c(=O)n(C4CC4)c(=O)n(-c4cccc(NS(=O)(=O)CC)c4)c3c(C)c(=O)n2C)c(F)c1. The Bertz CT molecular complexity index is 2030. The van der Waals surface area contributed by atoms with Crippen LogP contribution in [0.1, 0.15) is 36.9 Å². The highest BCUT2D eigenvalue weighted by Gasteiger charge is 2.31. The summed E-state index contributed by atoms with van der Waals surface area (Å²) in [5.41, 5.74) is -0.913. The molecule has 0 atom stereocenters. The van der Waals surface area contributed by atoms with Gasteiger partial charge in [0.25, 0.3) is 11.1 Å². The van der Waals surface area contributed by atoms with Crippen LogP contribution in [-0.4, -0.2) is 27.9 Å². The van der Waals surface area contributed by atoms with Crippen molar-refractivity contribution in [2.75, 3.05) is 15.8 Å². The van der Waals surface area contributed by atoms with Crippen molar-refractivity contribution in [1.82, 2.24) is 13.7 Å². The molecule has 2 aromatic carbocycles. The predicted octanol–water partition coefficient (Wildman–Crippen LogP) is 3.12. The molecule has 0 spiro atoms. The van der Waals surface area contributed by atoms with Crippen LogP contribution in [0.15, 0.2) is 56.8 Å². The lowest BCUT2D eigenvalue weighted by Gasteiger charge is -2.21. The molecule has 0 radical (unpaired) electrons. The van der Waals surface area contributed by atoms with Gasteiger partial charge in [-0.1, -0.05) is 12.0 Å². The van der Waals surface area contributed by atoms with Gasteiger partial charge < -0.3 is 5.32 Å². The summed E-state index contributed by atoms with van der Waals surface area (Å²) < 4.78 is 45.3. The molecule has 40 heavy (non-hydrogen) atoms. The maximum Gasteiger partial charge on any atom is 0.336 e. The van der Waals surface area contributed by atoms with Crippen LogP contribution >= 0.6 is 0 Å². The molecule has 2 heterocycles. The van der Waals surface area contributed by atoms with E-state index in [0.29, 0.717) is 18.4 Å². The molecule has 206 valence electrons. The van der Waals surface area contributed by atoms with Crippen LogP contribution in [0.25, 0.3) is 16.6 Å². The van der Waals surface area contributed by atoms with Gasteiger partial charge in [0.1, 0.15) is 17.0 Å². The minimum absolute atomic E-state index is 0.00560. The first-order valence-corrected chi connectivity index (χ1v) is 14.2. The number of pyridine rings is 1. The zero-order valence-corrected chi connectivity index (χ0v) is 22.8. The van der Waals surface area contributed by atoms with Gasteiger partial charge in [-0.3, -0.25) is 28.0 Å². The van der Waals surface area contributed by atoms with E-state index in [9.17, 15) is 27.2 Å². The summed E-state index contributed by atoms with van der Waals surface area (Å²) in [7, 11) is -2.17. The molecule has 1 fully saturated rings. The molecule has 12 heteroatoms. The Morgan fingerprint density at radius 3 is 2.45 bits per heavy atom. The second kappa shape index (κ2) is 9.84. The third-order valence-corrected chi connectivity index (χ3v) is 8.21. The standard InChI is InChI=1S/C28H26FN5O5S/c1-5-17-10-13-22(21(29)14-17)30-25-23-24(16(3)26(35)32(25)4)33(28(37)34(27(23)36)19-11-12-19)20-9-7-8-18(15-20)31-40(38,39)6-2/h1,7-10,13-15,19,30-31H,6,11-12H2,2-4H3. The number of aromatic nitrogens is 3.